The highest BCUT2D eigenvalue weighted by molar-refractivity contribution is 5.81. The van der Waals surface area contributed by atoms with Crippen molar-refractivity contribution >= 4 is 12.1 Å². The van der Waals surface area contributed by atoms with Crippen molar-refractivity contribution in [3.05, 3.63) is 29.8 Å². The summed E-state index contributed by atoms with van der Waals surface area (Å²) in [5, 5.41) is 2.78. The average molecular weight is 461 g/mol. The molecule has 0 aromatic heterocycles. The molecule has 2 aliphatic rings. The Morgan fingerprint density at radius 3 is 2.21 bits per heavy atom. The minimum Gasteiger partial charge on any atom is -0.490 e. The van der Waals surface area contributed by atoms with Crippen LogP contribution in [0.3, 0.4) is 0 Å². The van der Waals surface area contributed by atoms with E-state index in [1.165, 1.54) is 0 Å². The summed E-state index contributed by atoms with van der Waals surface area (Å²) in [5.41, 5.74) is 6.12. The van der Waals surface area contributed by atoms with Crippen LogP contribution in [0.1, 0.15) is 84.1 Å². The zero-order chi connectivity index (χ0) is 23.8. The van der Waals surface area contributed by atoms with Gasteiger partial charge in [0.25, 0.3) is 0 Å². The molecule has 0 unspecified atom stereocenters. The summed E-state index contributed by atoms with van der Waals surface area (Å²) in [6, 6.07) is 7.22. The fourth-order valence-corrected chi connectivity index (χ4v) is 4.63. The van der Waals surface area contributed by atoms with Crippen molar-refractivity contribution in [3.63, 3.8) is 0 Å². The molecule has 184 valence electrons. The molecule has 3 rings (SSSR count). The highest BCUT2D eigenvalue weighted by Gasteiger charge is 2.32. The number of carbonyl (C=O) groups excluding carboxylic acids is 2. The maximum absolute atomic E-state index is 12.9. The molecule has 1 atom stereocenters. The Morgan fingerprint density at radius 1 is 1.00 bits per heavy atom. The highest BCUT2D eigenvalue weighted by Crippen LogP contribution is 2.31. The van der Waals surface area contributed by atoms with Crippen LogP contribution in [0.15, 0.2) is 24.3 Å². The van der Waals surface area contributed by atoms with Gasteiger partial charge in [0, 0.05) is 6.54 Å². The Morgan fingerprint density at radius 2 is 1.64 bits per heavy atom. The van der Waals surface area contributed by atoms with Crippen molar-refractivity contribution in [2.45, 2.75) is 109 Å². The van der Waals surface area contributed by atoms with Crippen molar-refractivity contribution in [2.24, 2.45) is 11.7 Å². The first-order chi connectivity index (χ1) is 15.7. The Kier molecular flexibility index (Phi) is 9.01. The van der Waals surface area contributed by atoms with Gasteiger partial charge in [-0.1, -0.05) is 12.1 Å². The van der Waals surface area contributed by atoms with Crippen molar-refractivity contribution in [3.8, 4) is 5.75 Å². The van der Waals surface area contributed by atoms with Crippen LogP contribution in [0.2, 0.25) is 0 Å². The van der Waals surface area contributed by atoms with E-state index in [-0.39, 0.29) is 18.2 Å². The molecule has 0 heterocycles. The van der Waals surface area contributed by atoms with Gasteiger partial charge in [0.15, 0.2) is 0 Å². The van der Waals surface area contributed by atoms with Gasteiger partial charge in [0.1, 0.15) is 23.5 Å². The van der Waals surface area contributed by atoms with Crippen LogP contribution < -0.4 is 15.8 Å². The normalized spacial score (nSPS) is 22.4. The molecule has 0 saturated heterocycles. The van der Waals surface area contributed by atoms with Crippen LogP contribution in [0.5, 0.6) is 5.75 Å². The monoisotopic (exact) mass is 460 g/mol. The van der Waals surface area contributed by atoms with Gasteiger partial charge in [0.05, 0.1) is 6.10 Å². The predicted octanol–water partition coefficient (Wildman–Crippen LogP) is 4.85. The van der Waals surface area contributed by atoms with Crippen molar-refractivity contribution < 1.29 is 23.8 Å². The lowest BCUT2D eigenvalue weighted by molar-refractivity contribution is -0.152. The molecular formula is C26H40N2O5. The molecule has 1 aromatic rings. The zero-order valence-electron chi connectivity index (χ0n) is 20.3. The summed E-state index contributed by atoms with van der Waals surface area (Å²) in [7, 11) is 0. The topological polar surface area (TPSA) is 99.9 Å². The Labute approximate surface area is 197 Å². The molecule has 0 bridgehead atoms. The standard InChI is InChI=1S/C26H40N2O5/c1-26(2,3)33-25(30)28-23(24(29)32-20-6-4-5-7-20)16-18-8-12-21(13-9-18)31-22-14-10-19(17-27)11-15-22/h10-11,14-15,18,20-21,23H,4-9,12-13,16-17,27H2,1-3H3,(H,28,30)/t18?,21?,23-/m0/s1. The van der Waals surface area contributed by atoms with Crippen LogP contribution in [0, 0.1) is 5.92 Å². The summed E-state index contributed by atoms with van der Waals surface area (Å²) >= 11 is 0. The van der Waals surface area contributed by atoms with E-state index in [0.717, 1.165) is 62.7 Å². The third-order valence-electron chi connectivity index (χ3n) is 6.39. The molecule has 1 aromatic carbocycles. The molecule has 3 N–H and O–H groups in total. The molecule has 7 heteroatoms. The molecule has 0 radical (unpaired) electrons. The van der Waals surface area contributed by atoms with E-state index in [2.05, 4.69) is 5.32 Å². The molecule has 0 spiro atoms. The number of amides is 1. The molecule has 1 amide bonds. The van der Waals surface area contributed by atoms with Crippen molar-refractivity contribution in [1.29, 1.82) is 0 Å². The van der Waals surface area contributed by atoms with Crippen LogP contribution >= 0.6 is 0 Å². The molecule has 2 aliphatic carbocycles. The van der Waals surface area contributed by atoms with E-state index in [0.29, 0.717) is 18.9 Å². The minimum atomic E-state index is -0.688. The maximum Gasteiger partial charge on any atom is 0.408 e. The van der Waals surface area contributed by atoms with E-state index in [1.807, 2.05) is 45.0 Å². The predicted molar refractivity (Wildman–Crippen MR) is 127 cm³/mol. The molecule has 33 heavy (non-hydrogen) atoms. The van der Waals surface area contributed by atoms with E-state index >= 15 is 0 Å². The second kappa shape index (κ2) is 11.7. The lowest BCUT2D eigenvalue weighted by Crippen LogP contribution is -2.46. The van der Waals surface area contributed by atoms with Gasteiger partial charge in [-0.15, -0.1) is 0 Å². The summed E-state index contributed by atoms with van der Waals surface area (Å²) in [6.45, 7) is 5.95. The summed E-state index contributed by atoms with van der Waals surface area (Å²) in [4.78, 5) is 25.3. The van der Waals surface area contributed by atoms with E-state index < -0.39 is 17.7 Å². The molecule has 7 nitrogen and oxygen atoms in total. The second-order valence-corrected chi connectivity index (χ2v) is 10.4. The number of hydrogen-bond donors (Lipinski definition) is 2. The maximum atomic E-state index is 12.9. The number of benzene rings is 1. The second-order valence-electron chi connectivity index (χ2n) is 10.4. The molecule has 2 fully saturated rings. The summed E-state index contributed by atoms with van der Waals surface area (Å²) < 4.78 is 17.3. The number of nitrogens with two attached hydrogens (primary N) is 1. The minimum absolute atomic E-state index is 0.0322. The lowest BCUT2D eigenvalue weighted by atomic mass is 9.83. The van der Waals surface area contributed by atoms with Crippen LogP contribution in [0.25, 0.3) is 0 Å². The van der Waals surface area contributed by atoms with Gasteiger partial charge in [-0.3, -0.25) is 0 Å². The number of nitrogens with one attached hydrogen (secondary N) is 1. The summed E-state index contributed by atoms with van der Waals surface area (Å²) in [5.74, 6) is 0.840. The largest absolute Gasteiger partial charge is 0.490 e. The molecule has 0 aliphatic heterocycles. The van der Waals surface area contributed by atoms with Crippen LogP contribution in [-0.2, 0) is 20.8 Å². The van der Waals surface area contributed by atoms with E-state index in [1.54, 1.807) is 0 Å². The zero-order valence-corrected chi connectivity index (χ0v) is 20.3. The van der Waals surface area contributed by atoms with Gasteiger partial charge in [-0.05, 0) is 102 Å². The Hall–Kier alpha value is -2.28. The first kappa shape index (κ1) is 25.3. The smallest absolute Gasteiger partial charge is 0.408 e. The number of alkyl carbamates (subject to hydrolysis) is 1. The van der Waals surface area contributed by atoms with Crippen molar-refractivity contribution in [1.82, 2.24) is 5.32 Å². The number of carbonyl (C=O) groups is 2. The quantitative estimate of drug-likeness (QED) is 0.538. The Bertz CT molecular complexity index is 760. The molecular weight excluding hydrogens is 420 g/mol. The van der Waals surface area contributed by atoms with Gasteiger partial charge >= 0.3 is 12.1 Å². The highest BCUT2D eigenvalue weighted by atomic mass is 16.6. The first-order valence-corrected chi connectivity index (χ1v) is 12.4. The number of ether oxygens (including phenoxy) is 3. The third kappa shape index (κ3) is 8.54. The average Bonchev–Trinajstić information content (AvgIpc) is 3.27. The van der Waals surface area contributed by atoms with Gasteiger partial charge in [0.2, 0.25) is 0 Å². The first-order valence-electron chi connectivity index (χ1n) is 12.4. The van der Waals surface area contributed by atoms with Crippen LogP contribution in [-0.4, -0.2) is 35.9 Å². The Balaban J connectivity index is 1.52. The van der Waals surface area contributed by atoms with E-state index in [4.69, 9.17) is 19.9 Å². The van der Waals surface area contributed by atoms with Gasteiger partial charge < -0.3 is 25.3 Å². The van der Waals surface area contributed by atoms with E-state index in [9.17, 15) is 9.59 Å². The molecule has 2 saturated carbocycles. The van der Waals surface area contributed by atoms with Gasteiger partial charge in [-0.25, -0.2) is 9.59 Å². The summed E-state index contributed by atoms with van der Waals surface area (Å²) in [6.07, 6.45) is 7.80. The number of rotatable bonds is 8. The third-order valence-corrected chi connectivity index (χ3v) is 6.39. The van der Waals surface area contributed by atoms with Crippen LogP contribution in [0.4, 0.5) is 4.79 Å². The fourth-order valence-electron chi connectivity index (χ4n) is 4.63. The lowest BCUT2D eigenvalue weighted by Gasteiger charge is -2.31. The van der Waals surface area contributed by atoms with Gasteiger partial charge in [-0.2, -0.15) is 0 Å². The van der Waals surface area contributed by atoms with Crippen molar-refractivity contribution in [2.75, 3.05) is 0 Å². The SMILES string of the molecule is CC(C)(C)OC(=O)N[C@@H](CC1CCC(Oc2ccc(CN)cc2)CC1)C(=O)OC1CCCC1. The fraction of sp³-hybridized carbons (Fsp3) is 0.692. The number of hydrogen-bond acceptors (Lipinski definition) is 6. The number of esters is 1.